The summed E-state index contributed by atoms with van der Waals surface area (Å²) in [7, 11) is 0. The molecule has 0 bridgehead atoms. The fraction of sp³-hybridized carbons (Fsp3) is 0.381. The van der Waals surface area contributed by atoms with E-state index in [2.05, 4.69) is 18.3 Å². The average Bonchev–Trinajstić information content (AvgIpc) is 2.66. The molecule has 1 aliphatic rings. The molecule has 1 N–H and O–H groups in total. The Kier molecular flexibility index (Phi) is 6.00. The second-order valence-corrected chi connectivity index (χ2v) is 6.37. The molecule has 1 aliphatic heterocycles. The summed E-state index contributed by atoms with van der Waals surface area (Å²) in [5.74, 6) is 2.42. The van der Waals surface area contributed by atoms with Crippen LogP contribution < -0.4 is 19.5 Å². The first kappa shape index (κ1) is 18.1. The number of hydrogen-bond acceptors (Lipinski definition) is 4. The van der Waals surface area contributed by atoms with Crippen molar-refractivity contribution in [2.24, 2.45) is 0 Å². The Labute approximate surface area is 154 Å². The van der Waals surface area contributed by atoms with Crippen molar-refractivity contribution in [3.63, 3.8) is 0 Å². The van der Waals surface area contributed by atoms with E-state index in [0.29, 0.717) is 39.2 Å². The number of carbonyl (C=O) groups excluding carboxylic acids is 1. The minimum absolute atomic E-state index is 0.0180. The Morgan fingerprint density at radius 3 is 2.77 bits per heavy atom. The van der Waals surface area contributed by atoms with Gasteiger partial charge < -0.3 is 19.5 Å². The SMILES string of the molecule is Cc1cccc(OCCNC(=O)CCc2ccc3c(c2)OCCO3)c1C. The highest BCUT2D eigenvalue weighted by atomic mass is 16.6. The Bertz CT molecular complexity index is 773. The zero-order valence-corrected chi connectivity index (χ0v) is 15.3. The molecular formula is C21H25NO4. The van der Waals surface area contributed by atoms with E-state index in [-0.39, 0.29) is 5.91 Å². The van der Waals surface area contributed by atoms with Crippen LogP contribution in [0.25, 0.3) is 0 Å². The number of amides is 1. The molecule has 3 rings (SSSR count). The molecule has 0 radical (unpaired) electrons. The molecule has 2 aromatic rings. The van der Waals surface area contributed by atoms with Crippen molar-refractivity contribution in [2.45, 2.75) is 26.7 Å². The van der Waals surface area contributed by atoms with Crippen LogP contribution in [0, 0.1) is 13.8 Å². The zero-order chi connectivity index (χ0) is 18.4. The summed E-state index contributed by atoms with van der Waals surface area (Å²) < 4.78 is 16.8. The second-order valence-electron chi connectivity index (χ2n) is 6.37. The van der Waals surface area contributed by atoms with Crippen LogP contribution in [0.2, 0.25) is 0 Å². The predicted octanol–water partition coefficient (Wildman–Crippen LogP) is 3.20. The van der Waals surface area contributed by atoms with Crippen LogP contribution in [0.1, 0.15) is 23.1 Å². The minimum atomic E-state index is 0.0180. The number of fused-ring (bicyclic) bond motifs is 1. The van der Waals surface area contributed by atoms with Crippen LogP contribution in [0.4, 0.5) is 0 Å². The van der Waals surface area contributed by atoms with Crippen molar-refractivity contribution in [3.8, 4) is 17.2 Å². The molecule has 0 unspecified atom stereocenters. The maximum atomic E-state index is 12.0. The molecule has 0 fully saturated rings. The largest absolute Gasteiger partial charge is 0.491 e. The molecule has 0 aromatic heterocycles. The summed E-state index contributed by atoms with van der Waals surface area (Å²) in [5, 5.41) is 2.90. The summed E-state index contributed by atoms with van der Waals surface area (Å²) in [5.41, 5.74) is 3.40. The molecule has 138 valence electrons. The van der Waals surface area contributed by atoms with E-state index in [1.807, 2.05) is 37.3 Å². The number of benzene rings is 2. The third-order valence-corrected chi connectivity index (χ3v) is 4.48. The zero-order valence-electron chi connectivity index (χ0n) is 15.3. The lowest BCUT2D eigenvalue weighted by molar-refractivity contribution is -0.121. The lowest BCUT2D eigenvalue weighted by atomic mass is 10.1. The second kappa shape index (κ2) is 8.61. The van der Waals surface area contributed by atoms with Crippen molar-refractivity contribution in [2.75, 3.05) is 26.4 Å². The van der Waals surface area contributed by atoms with Crippen molar-refractivity contribution in [1.82, 2.24) is 5.32 Å². The maximum absolute atomic E-state index is 12.0. The summed E-state index contributed by atoms with van der Waals surface area (Å²) >= 11 is 0. The molecule has 1 amide bonds. The lowest BCUT2D eigenvalue weighted by Gasteiger charge is -2.18. The van der Waals surface area contributed by atoms with E-state index in [1.54, 1.807) is 0 Å². The number of hydrogen-bond donors (Lipinski definition) is 1. The predicted molar refractivity (Wildman–Crippen MR) is 100 cm³/mol. The highest BCUT2D eigenvalue weighted by Gasteiger charge is 2.12. The summed E-state index contributed by atoms with van der Waals surface area (Å²) in [6, 6.07) is 11.8. The van der Waals surface area contributed by atoms with E-state index in [9.17, 15) is 4.79 Å². The van der Waals surface area contributed by atoms with Crippen LogP contribution in [-0.2, 0) is 11.2 Å². The van der Waals surface area contributed by atoms with E-state index in [1.165, 1.54) is 5.56 Å². The van der Waals surface area contributed by atoms with Crippen LogP contribution >= 0.6 is 0 Å². The molecule has 0 spiro atoms. The van der Waals surface area contributed by atoms with Crippen molar-refractivity contribution in [3.05, 3.63) is 53.1 Å². The fourth-order valence-corrected chi connectivity index (χ4v) is 2.82. The van der Waals surface area contributed by atoms with Crippen molar-refractivity contribution >= 4 is 5.91 Å². The first-order chi connectivity index (χ1) is 12.6. The number of carbonyl (C=O) groups is 1. The van der Waals surface area contributed by atoms with Gasteiger partial charge in [-0.1, -0.05) is 18.2 Å². The van der Waals surface area contributed by atoms with Gasteiger partial charge in [0.2, 0.25) is 5.91 Å². The molecule has 5 heteroatoms. The molecule has 26 heavy (non-hydrogen) atoms. The molecule has 1 heterocycles. The summed E-state index contributed by atoms with van der Waals surface area (Å²) in [4.78, 5) is 12.0. The summed E-state index contributed by atoms with van der Waals surface area (Å²) in [6.45, 7) is 6.20. The van der Waals surface area contributed by atoms with Crippen LogP contribution in [0.15, 0.2) is 36.4 Å². The maximum Gasteiger partial charge on any atom is 0.220 e. The normalized spacial score (nSPS) is 12.5. The molecular weight excluding hydrogens is 330 g/mol. The standard InChI is InChI=1S/C21H25NO4/c1-15-4-3-5-18(16(15)2)24-11-10-22-21(23)9-7-17-6-8-19-20(14-17)26-13-12-25-19/h3-6,8,14H,7,9-13H2,1-2H3,(H,22,23). The van der Waals surface area contributed by atoms with E-state index in [4.69, 9.17) is 14.2 Å². The van der Waals surface area contributed by atoms with Gasteiger partial charge in [0.25, 0.3) is 0 Å². The lowest BCUT2D eigenvalue weighted by Crippen LogP contribution is -2.28. The van der Waals surface area contributed by atoms with Crippen LogP contribution in [-0.4, -0.2) is 32.3 Å². The third kappa shape index (κ3) is 4.69. The third-order valence-electron chi connectivity index (χ3n) is 4.48. The minimum Gasteiger partial charge on any atom is -0.491 e. The fourth-order valence-electron chi connectivity index (χ4n) is 2.82. The smallest absolute Gasteiger partial charge is 0.220 e. The van der Waals surface area contributed by atoms with Gasteiger partial charge in [0, 0.05) is 6.42 Å². The first-order valence-corrected chi connectivity index (χ1v) is 8.98. The van der Waals surface area contributed by atoms with Gasteiger partial charge in [-0.3, -0.25) is 4.79 Å². The number of ether oxygens (including phenoxy) is 3. The van der Waals surface area contributed by atoms with Gasteiger partial charge in [-0.15, -0.1) is 0 Å². The van der Waals surface area contributed by atoms with Gasteiger partial charge in [-0.05, 0) is 55.2 Å². The van der Waals surface area contributed by atoms with Crippen molar-refractivity contribution < 1.29 is 19.0 Å². The van der Waals surface area contributed by atoms with E-state index in [0.717, 1.165) is 28.4 Å². The van der Waals surface area contributed by atoms with Gasteiger partial charge in [0.05, 0.1) is 6.54 Å². The van der Waals surface area contributed by atoms with Crippen LogP contribution in [0.3, 0.4) is 0 Å². The Hall–Kier alpha value is -2.69. The molecule has 5 nitrogen and oxygen atoms in total. The summed E-state index contributed by atoms with van der Waals surface area (Å²) in [6.07, 6.45) is 1.10. The highest BCUT2D eigenvalue weighted by molar-refractivity contribution is 5.76. The first-order valence-electron chi connectivity index (χ1n) is 8.98. The van der Waals surface area contributed by atoms with Crippen molar-refractivity contribution in [1.29, 1.82) is 0 Å². The highest BCUT2D eigenvalue weighted by Crippen LogP contribution is 2.31. The van der Waals surface area contributed by atoms with E-state index >= 15 is 0 Å². The monoisotopic (exact) mass is 355 g/mol. The Morgan fingerprint density at radius 1 is 1.12 bits per heavy atom. The van der Waals surface area contributed by atoms with E-state index < -0.39 is 0 Å². The van der Waals surface area contributed by atoms with Gasteiger partial charge in [0.15, 0.2) is 11.5 Å². The number of aryl methyl sites for hydroxylation is 2. The molecule has 0 saturated carbocycles. The van der Waals surface area contributed by atoms with Gasteiger partial charge in [-0.2, -0.15) is 0 Å². The topological polar surface area (TPSA) is 56.8 Å². The average molecular weight is 355 g/mol. The van der Waals surface area contributed by atoms with Gasteiger partial charge in [0.1, 0.15) is 25.6 Å². The number of nitrogens with one attached hydrogen (secondary N) is 1. The van der Waals surface area contributed by atoms with Crippen LogP contribution in [0.5, 0.6) is 17.2 Å². The van der Waals surface area contributed by atoms with Gasteiger partial charge in [-0.25, -0.2) is 0 Å². The number of rotatable bonds is 7. The van der Waals surface area contributed by atoms with Gasteiger partial charge >= 0.3 is 0 Å². The Morgan fingerprint density at radius 2 is 1.92 bits per heavy atom. The molecule has 2 aromatic carbocycles. The Balaban J connectivity index is 1.38. The quantitative estimate of drug-likeness (QED) is 0.775. The molecule has 0 saturated heterocycles. The molecule has 0 aliphatic carbocycles. The molecule has 0 atom stereocenters.